The summed E-state index contributed by atoms with van der Waals surface area (Å²) in [4.78, 5) is 26.3. The second kappa shape index (κ2) is 7.77. The van der Waals surface area contributed by atoms with Gasteiger partial charge >= 0.3 is 0 Å². The number of nitrogens with zero attached hydrogens (tertiary/aromatic N) is 4. The molecule has 0 aliphatic carbocycles. The van der Waals surface area contributed by atoms with Gasteiger partial charge in [-0.15, -0.1) is 0 Å². The molecule has 1 fully saturated rings. The third kappa shape index (κ3) is 3.79. The van der Waals surface area contributed by atoms with E-state index in [0.29, 0.717) is 17.3 Å². The van der Waals surface area contributed by atoms with E-state index < -0.39 is 0 Å². The Morgan fingerprint density at radius 1 is 1.07 bits per heavy atom. The molecule has 0 saturated carbocycles. The van der Waals surface area contributed by atoms with E-state index in [4.69, 9.17) is 4.74 Å². The average molecular weight is 396 g/mol. The third-order valence-corrected chi connectivity index (χ3v) is 5.51. The van der Waals surface area contributed by atoms with E-state index in [9.17, 15) is 4.79 Å². The van der Waals surface area contributed by atoms with Crippen LogP contribution < -0.4 is 25.2 Å². The predicted octanol–water partition coefficient (Wildman–Crippen LogP) is 2.51. The maximum Gasteiger partial charge on any atom is 0.247 e. The molecule has 1 amide bonds. The van der Waals surface area contributed by atoms with Gasteiger partial charge in [-0.25, -0.2) is 9.97 Å². The molecule has 0 spiro atoms. The Hall–Kier alpha value is -3.03. The lowest BCUT2D eigenvalue weighted by Crippen LogP contribution is -2.48. The highest BCUT2D eigenvalue weighted by Crippen LogP contribution is 2.35. The van der Waals surface area contributed by atoms with Gasteiger partial charge in [-0.3, -0.25) is 4.79 Å². The molecule has 1 aromatic carbocycles. The largest absolute Gasteiger partial charge is 0.497 e. The van der Waals surface area contributed by atoms with Crippen LogP contribution in [-0.2, 0) is 4.79 Å². The van der Waals surface area contributed by atoms with Crippen molar-refractivity contribution in [3.8, 4) is 5.75 Å². The molecule has 3 heterocycles. The number of carbonyl (C=O) groups excluding carboxylic acids is 1. The van der Waals surface area contributed by atoms with E-state index in [2.05, 4.69) is 42.5 Å². The summed E-state index contributed by atoms with van der Waals surface area (Å²) < 4.78 is 5.24. The Bertz CT molecular complexity index is 891. The lowest BCUT2D eigenvalue weighted by molar-refractivity contribution is -0.117. The Morgan fingerprint density at radius 2 is 1.72 bits per heavy atom. The number of rotatable bonds is 4. The van der Waals surface area contributed by atoms with Crippen LogP contribution in [0, 0.1) is 12.8 Å². The number of carbonyl (C=O) groups is 1. The molecular formula is C21H28N6O2. The molecule has 2 aliphatic heterocycles. The summed E-state index contributed by atoms with van der Waals surface area (Å²) in [5.41, 5.74) is 1.87. The van der Waals surface area contributed by atoms with Crippen molar-refractivity contribution in [2.75, 3.05) is 53.7 Å². The van der Waals surface area contributed by atoms with Crippen molar-refractivity contribution >= 4 is 28.9 Å². The highest BCUT2D eigenvalue weighted by Gasteiger charge is 2.33. The molecule has 1 atom stereocenters. The zero-order valence-electron chi connectivity index (χ0n) is 17.4. The number of amides is 1. The first-order valence-corrected chi connectivity index (χ1v) is 10.1. The minimum Gasteiger partial charge on any atom is -0.497 e. The fraction of sp³-hybridized carbons (Fsp3) is 0.476. The van der Waals surface area contributed by atoms with Crippen LogP contribution in [-0.4, -0.2) is 55.2 Å². The molecule has 1 saturated heterocycles. The van der Waals surface area contributed by atoms with E-state index in [-0.39, 0.29) is 17.9 Å². The molecule has 4 rings (SSSR count). The first-order valence-electron chi connectivity index (χ1n) is 10.1. The summed E-state index contributed by atoms with van der Waals surface area (Å²) in [5, 5.41) is 6.34. The van der Waals surface area contributed by atoms with Gasteiger partial charge in [0.1, 0.15) is 23.3 Å². The number of aromatic nitrogens is 2. The van der Waals surface area contributed by atoms with E-state index >= 15 is 0 Å². The van der Waals surface area contributed by atoms with Gasteiger partial charge in [0.2, 0.25) is 5.91 Å². The van der Waals surface area contributed by atoms with Crippen LogP contribution in [0.25, 0.3) is 0 Å². The molecule has 154 valence electrons. The van der Waals surface area contributed by atoms with Crippen molar-refractivity contribution in [2.24, 2.45) is 5.92 Å². The van der Waals surface area contributed by atoms with Crippen LogP contribution in [0.5, 0.6) is 5.75 Å². The van der Waals surface area contributed by atoms with Gasteiger partial charge in [0.15, 0.2) is 11.6 Å². The Balaban J connectivity index is 1.52. The number of hydrogen-bond donors (Lipinski definition) is 2. The quantitative estimate of drug-likeness (QED) is 0.822. The summed E-state index contributed by atoms with van der Waals surface area (Å²) in [7, 11) is 1.68. The normalized spacial score (nSPS) is 18.9. The molecule has 1 unspecified atom stereocenters. The molecule has 8 heteroatoms. The smallest absolute Gasteiger partial charge is 0.247 e. The standard InChI is InChI=1S/C21H28N6O2/c1-13(2)17-21(28)25-18-19(24-17)22-14(3)23-20(18)27-11-9-26(10-12-27)15-5-7-16(29-4)8-6-15/h5-8,13,17H,9-12H2,1-4H3,(H,25,28)(H,22,23,24). The van der Waals surface area contributed by atoms with Crippen molar-refractivity contribution in [1.82, 2.24) is 9.97 Å². The molecule has 0 radical (unpaired) electrons. The second-order valence-electron chi connectivity index (χ2n) is 7.85. The van der Waals surface area contributed by atoms with Crippen LogP contribution in [0.4, 0.5) is 23.0 Å². The van der Waals surface area contributed by atoms with Crippen molar-refractivity contribution in [3.05, 3.63) is 30.1 Å². The SMILES string of the molecule is COc1ccc(N2CCN(c3nc(C)nc4c3NC(=O)C(C(C)C)N4)CC2)cc1. The van der Waals surface area contributed by atoms with Gasteiger partial charge in [-0.2, -0.15) is 0 Å². The lowest BCUT2D eigenvalue weighted by Gasteiger charge is -2.38. The van der Waals surface area contributed by atoms with E-state index in [1.807, 2.05) is 32.9 Å². The van der Waals surface area contributed by atoms with Gasteiger partial charge in [-0.05, 0) is 37.1 Å². The van der Waals surface area contributed by atoms with Crippen molar-refractivity contribution in [2.45, 2.75) is 26.8 Å². The second-order valence-corrected chi connectivity index (χ2v) is 7.85. The minimum atomic E-state index is -0.281. The number of piperazine rings is 1. The molecule has 2 aliphatic rings. The molecule has 1 aromatic heterocycles. The van der Waals surface area contributed by atoms with Crippen LogP contribution in [0.2, 0.25) is 0 Å². The van der Waals surface area contributed by atoms with Crippen LogP contribution in [0.3, 0.4) is 0 Å². The summed E-state index contributed by atoms with van der Waals surface area (Å²) in [6.45, 7) is 9.32. The summed E-state index contributed by atoms with van der Waals surface area (Å²) in [5.74, 6) is 3.21. The maximum absolute atomic E-state index is 12.5. The first kappa shape index (κ1) is 19.3. The Labute approximate surface area is 171 Å². The number of benzene rings is 1. The number of fused-ring (bicyclic) bond motifs is 1. The lowest BCUT2D eigenvalue weighted by atomic mass is 10.0. The highest BCUT2D eigenvalue weighted by atomic mass is 16.5. The number of aryl methyl sites for hydroxylation is 1. The van der Waals surface area contributed by atoms with Crippen molar-refractivity contribution < 1.29 is 9.53 Å². The highest BCUT2D eigenvalue weighted by molar-refractivity contribution is 6.05. The number of methoxy groups -OCH3 is 1. The van der Waals surface area contributed by atoms with E-state index in [1.165, 1.54) is 5.69 Å². The van der Waals surface area contributed by atoms with Gasteiger partial charge in [0, 0.05) is 31.9 Å². The number of nitrogens with one attached hydrogen (secondary N) is 2. The fourth-order valence-corrected chi connectivity index (χ4v) is 3.86. The molecule has 2 N–H and O–H groups in total. The van der Waals surface area contributed by atoms with E-state index in [1.54, 1.807) is 7.11 Å². The predicted molar refractivity (Wildman–Crippen MR) is 115 cm³/mol. The first-order chi connectivity index (χ1) is 14.0. The third-order valence-electron chi connectivity index (χ3n) is 5.51. The minimum absolute atomic E-state index is 0.0296. The van der Waals surface area contributed by atoms with Crippen LogP contribution in [0.1, 0.15) is 19.7 Å². The summed E-state index contributed by atoms with van der Waals surface area (Å²) >= 11 is 0. The molecule has 29 heavy (non-hydrogen) atoms. The zero-order valence-corrected chi connectivity index (χ0v) is 17.4. The molecule has 8 nitrogen and oxygen atoms in total. The topological polar surface area (TPSA) is 82.6 Å². The van der Waals surface area contributed by atoms with Crippen LogP contribution >= 0.6 is 0 Å². The van der Waals surface area contributed by atoms with Gasteiger partial charge in [0.25, 0.3) is 0 Å². The number of anilines is 4. The Kier molecular flexibility index (Phi) is 5.17. The number of hydrogen-bond acceptors (Lipinski definition) is 7. The average Bonchev–Trinajstić information content (AvgIpc) is 2.73. The van der Waals surface area contributed by atoms with Gasteiger partial charge < -0.3 is 25.2 Å². The number of ether oxygens (including phenoxy) is 1. The monoisotopic (exact) mass is 396 g/mol. The fourth-order valence-electron chi connectivity index (χ4n) is 3.86. The summed E-state index contributed by atoms with van der Waals surface area (Å²) in [6.07, 6.45) is 0. The van der Waals surface area contributed by atoms with Crippen molar-refractivity contribution in [3.63, 3.8) is 0 Å². The van der Waals surface area contributed by atoms with E-state index in [0.717, 1.165) is 37.7 Å². The van der Waals surface area contributed by atoms with Gasteiger partial charge in [-0.1, -0.05) is 13.8 Å². The molecular weight excluding hydrogens is 368 g/mol. The molecule has 2 aromatic rings. The van der Waals surface area contributed by atoms with Crippen molar-refractivity contribution in [1.29, 1.82) is 0 Å². The maximum atomic E-state index is 12.5. The Morgan fingerprint density at radius 3 is 2.34 bits per heavy atom. The zero-order chi connectivity index (χ0) is 20.5. The molecule has 0 bridgehead atoms. The van der Waals surface area contributed by atoms with Crippen LogP contribution in [0.15, 0.2) is 24.3 Å². The van der Waals surface area contributed by atoms with Gasteiger partial charge in [0.05, 0.1) is 7.11 Å². The summed E-state index contributed by atoms with van der Waals surface area (Å²) in [6, 6.07) is 7.86.